The molecule has 0 aliphatic heterocycles. The quantitative estimate of drug-likeness (QED) is 0.674. The molecule has 0 bridgehead atoms. The molecule has 1 aromatic heterocycles. The first-order chi connectivity index (χ1) is 11.4. The van der Waals surface area contributed by atoms with E-state index in [1.807, 2.05) is 12.1 Å². The van der Waals surface area contributed by atoms with Gasteiger partial charge in [-0.15, -0.1) is 0 Å². The lowest BCUT2D eigenvalue weighted by atomic mass is 9.88. The maximum absolute atomic E-state index is 5.30. The first kappa shape index (κ1) is 14.3. The van der Waals surface area contributed by atoms with Gasteiger partial charge in [0.15, 0.2) is 0 Å². The van der Waals surface area contributed by atoms with E-state index in [1.165, 1.54) is 49.1 Å². The molecule has 0 unspecified atom stereocenters. The van der Waals surface area contributed by atoms with Crippen molar-refractivity contribution in [1.29, 1.82) is 0 Å². The Morgan fingerprint density at radius 1 is 0.957 bits per heavy atom. The van der Waals surface area contributed by atoms with Crippen molar-refractivity contribution < 1.29 is 4.74 Å². The Kier molecular flexibility index (Phi) is 3.78. The summed E-state index contributed by atoms with van der Waals surface area (Å²) >= 11 is 0. The van der Waals surface area contributed by atoms with Crippen molar-refractivity contribution in [2.24, 2.45) is 0 Å². The minimum Gasteiger partial charge on any atom is -0.497 e. The second kappa shape index (κ2) is 6.07. The highest BCUT2D eigenvalue weighted by Gasteiger charge is 2.23. The van der Waals surface area contributed by atoms with Crippen molar-refractivity contribution in [2.45, 2.75) is 38.0 Å². The third kappa shape index (κ3) is 2.61. The van der Waals surface area contributed by atoms with Gasteiger partial charge in [0, 0.05) is 11.6 Å². The topological polar surface area (TPSA) is 27.1 Å². The highest BCUT2D eigenvalue weighted by atomic mass is 16.5. The molecule has 0 radical (unpaired) electrons. The van der Waals surface area contributed by atoms with Gasteiger partial charge in [-0.05, 0) is 49.2 Å². The van der Waals surface area contributed by atoms with Gasteiger partial charge in [-0.25, -0.2) is 4.98 Å². The molecule has 2 aromatic carbocycles. The first-order valence-corrected chi connectivity index (χ1v) is 8.48. The lowest BCUT2D eigenvalue weighted by molar-refractivity contribution is 0.414. The number of imidazole rings is 1. The number of para-hydroxylation sites is 2. The Labute approximate surface area is 136 Å². The molecule has 3 nitrogen and oxygen atoms in total. The predicted octanol–water partition coefficient (Wildman–Crippen LogP) is 5.08. The molecule has 3 heteroatoms. The molecular weight excluding hydrogens is 284 g/mol. The normalized spacial score (nSPS) is 15.9. The van der Waals surface area contributed by atoms with E-state index in [-0.39, 0.29) is 0 Å². The molecule has 0 amide bonds. The Bertz CT molecular complexity index is 798. The van der Waals surface area contributed by atoms with E-state index in [9.17, 15) is 0 Å². The Morgan fingerprint density at radius 3 is 2.43 bits per heavy atom. The SMILES string of the molecule is COc1ccc(-n2c(C3CCCCC3)nc3ccccc32)cc1. The van der Waals surface area contributed by atoms with Crippen LogP contribution in [0.5, 0.6) is 5.75 Å². The van der Waals surface area contributed by atoms with Gasteiger partial charge in [0.25, 0.3) is 0 Å². The van der Waals surface area contributed by atoms with Crippen molar-refractivity contribution >= 4 is 11.0 Å². The minimum absolute atomic E-state index is 0.568. The smallest absolute Gasteiger partial charge is 0.119 e. The molecule has 0 N–H and O–H groups in total. The van der Waals surface area contributed by atoms with Crippen LogP contribution in [0, 0.1) is 0 Å². The van der Waals surface area contributed by atoms with Crippen LogP contribution in [0.25, 0.3) is 16.7 Å². The summed E-state index contributed by atoms with van der Waals surface area (Å²) in [6, 6.07) is 16.7. The van der Waals surface area contributed by atoms with Crippen LogP contribution in [0.3, 0.4) is 0 Å². The molecule has 0 saturated heterocycles. The van der Waals surface area contributed by atoms with Crippen molar-refractivity contribution in [2.75, 3.05) is 7.11 Å². The fourth-order valence-electron chi connectivity index (χ4n) is 3.68. The number of fused-ring (bicyclic) bond motifs is 1. The second-order valence-corrected chi connectivity index (χ2v) is 6.33. The van der Waals surface area contributed by atoms with Crippen LogP contribution in [0.1, 0.15) is 43.8 Å². The standard InChI is InChI=1S/C20H22N2O/c1-23-17-13-11-16(12-14-17)22-19-10-6-5-9-18(19)21-20(22)15-7-3-2-4-8-15/h5-6,9-15H,2-4,7-8H2,1H3. The summed E-state index contributed by atoms with van der Waals surface area (Å²) in [5, 5.41) is 0. The highest BCUT2D eigenvalue weighted by molar-refractivity contribution is 5.78. The molecule has 1 saturated carbocycles. The van der Waals surface area contributed by atoms with Gasteiger partial charge < -0.3 is 4.74 Å². The van der Waals surface area contributed by atoms with Crippen LogP contribution in [0.2, 0.25) is 0 Å². The van der Waals surface area contributed by atoms with Gasteiger partial charge in [-0.1, -0.05) is 31.4 Å². The van der Waals surface area contributed by atoms with Gasteiger partial charge >= 0.3 is 0 Å². The zero-order chi connectivity index (χ0) is 15.6. The second-order valence-electron chi connectivity index (χ2n) is 6.33. The van der Waals surface area contributed by atoms with E-state index >= 15 is 0 Å². The van der Waals surface area contributed by atoms with Crippen molar-refractivity contribution in [3.05, 3.63) is 54.4 Å². The number of aromatic nitrogens is 2. The summed E-state index contributed by atoms with van der Waals surface area (Å²) in [5.41, 5.74) is 3.45. The number of rotatable bonds is 3. The third-order valence-corrected chi connectivity index (χ3v) is 4.89. The van der Waals surface area contributed by atoms with E-state index in [2.05, 4.69) is 41.0 Å². The van der Waals surface area contributed by atoms with Gasteiger partial charge in [0.05, 0.1) is 18.1 Å². The molecule has 3 aromatic rings. The number of methoxy groups -OCH3 is 1. The lowest BCUT2D eigenvalue weighted by Crippen LogP contribution is -2.11. The molecular formula is C20H22N2O. The maximum Gasteiger partial charge on any atom is 0.119 e. The highest BCUT2D eigenvalue weighted by Crippen LogP contribution is 2.35. The van der Waals surface area contributed by atoms with Gasteiger partial charge in [-0.3, -0.25) is 4.57 Å². The fraction of sp³-hybridized carbons (Fsp3) is 0.350. The molecule has 0 atom stereocenters. The van der Waals surface area contributed by atoms with Crippen LogP contribution >= 0.6 is 0 Å². The molecule has 23 heavy (non-hydrogen) atoms. The molecule has 1 aliphatic rings. The van der Waals surface area contributed by atoms with Gasteiger partial charge in [0.1, 0.15) is 11.6 Å². The Morgan fingerprint density at radius 2 is 1.70 bits per heavy atom. The van der Waals surface area contributed by atoms with E-state index in [0.29, 0.717) is 5.92 Å². The zero-order valence-electron chi connectivity index (χ0n) is 13.5. The average molecular weight is 306 g/mol. The molecule has 118 valence electrons. The van der Waals surface area contributed by atoms with Crippen LogP contribution < -0.4 is 4.74 Å². The summed E-state index contributed by atoms with van der Waals surface area (Å²) < 4.78 is 7.63. The predicted molar refractivity (Wildman–Crippen MR) is 93.4 cm³/mol. The van der Waals surface area contributed by atoms with E-state index < -0.39 is 0 Å². The van der Waals surface area contributed by atoms with E-state index in [1.54, 1.807) is 7.11 Å². The number of nitrogens with zero attached hydrogens (tertiary/aromatic N) is 2. The van der Waals surface area contributed by atoms with E-state index in [0.717, 1.165) is 11.3 Å². The first-order valence-electron chi connectivity index (χ1n) is 8.48. The summed E-state index contributed by atoms with van der Waals surface area (Å²) in [7, 11) is 1.70. The monoisotopic (exact) mass is 306 g/mol. The summed E-state index contributed by atoms with van der Waals surface area (Å²) in [6.45, 7) is 0. The van der Waals surface area contributed by atoms with Crippen molar-refractivity contribution in [1.82, 2.24) is 9.55 Å². The van der Waals surface area contributed by atoms with Crippen LogP contribution in [-0.4, -0.2) is 16.7 Å². The molecule has 1 aliphatic carbocycles. The summed E-state index contributed by atoms with van der Waals surface area (Å²) in [4.78, 5) is 4.99. The van der Waals surface area contributed by atoms with Gasteiger partial charge in [0.2, 0.25) is 0 Å². The zero-order valence-corrected chi connectivity index (χ0v) is 13.5. The van der Waals surface area contributed by atoms with Crippen LogP contribution in [0.15, 0.2) is 48.5 Å². The van der Waals surface area contributed by atoms with Crippen molar-refractivity contribution in [3.63, 3.8) is 0 Å². The summed E-state index contributed by atoms with van der Waals surface area (Å²) in [6.07, 6.45) is 6.49. The van der Waals surface area contributed by atoms with Crippen LogP contribution in [-0.2, 0) is 0 Å². The number of hydrogen-bond acceptors (Lipinski definition) is 2. The Balaban J connectivity index is 1.87. The van der Waals surface area contributed by atoms with Crippen LogP contribution in [0.4, 0.5) is 0 Å². The number of hydrogen-bond donors (Lipinski definition) is 0. The Hall–Kier alpha value is -2.29. The average Bonchev–Trinajstić information content (AvgIpc) is 3.02. The van der Waals surface area contributed by atoms with Gasteiger partial charge in [-0.2, -0.15) is 0 Å². The fourth-order valence-corrected chi connectivity index (χ4v) is 3.68. The lowest BCUT2D eigenvalue weighted by Gasteiger charge is -2.22. The van der Waals surface area contributed by atoms with Crippen molar-refractivity contribution in [3.8, 4) is 11.4 Å². The molecule has 0 spiro atoms. The largest absolute Gasteiger partial charge is 0.497 e. The van der Waals surface area contributed by atoms with E-state index in [4.69, 9.17) is 9.72 Å². The summed E-state index contributed by atoms with van der Waals surface area (Å²) in [5.74, 6) is 2.67. The third-order valence-electron chi connectivity index (χ3n) is 4.89. The molecule has 4 rings (SSSR count). The minimum atomic E-state index is 0.568. The molecule has 1 fully saturated rings. The number of ether oxygens (including phenoxy) is 1. The number of benzene rings is 2. The molecule has 1 heterocycles. The maximum atomic E-state index is 5.30.